The monoisotopic (exact) mass is 279 g/mol. The van der Waals surface area contributed by atoms with E-state index >= 15 is 0 Å². The summed E-state index contributed by atoms with van der Waals surface area (Å²) in [6.07, 6.45) is 3.12. The van der Waals surface area contributed by atoms with Gasteiger partial charge in [0.05, 0.1) is 13.2 Å². The fourth-order valence-corrected chi connectivity index (χ4v) is 3.05. The third kappa shape index (κ3) is 3.08. The Morgan fingerprint density at radius 2 is 2.10 bits per heavy atom. The molecule has 0 amide bonds. The molecule has 3 rings (SSSR count). The molecule has 2 heterocycles. The zero-order chi connectivity index (χ0) is 14.0. The van der Waals surface area contributed by atoms with Gasteiger partial charge in [-0.3, -0.25) is 0 Å². The van der Waals surface area contributed by atoms with Crippen LogP contribution in [-0.2, 0) is 11.3 Å². The molecule has 0 bridgehead atoms. The smallest absolute Gasteiger partial charge is 0.117 e. The first-order valence-corrected chi connectivity index (χ1v) is 7.70. The standard InChI is InChI=1S/C16H25NO3/c1-12-8-14(12)15-3-2-13(20-15)9-17-10-16(11-18)4-6-19-7-5-16/h2-3,12,14,17-18H,4-11H2,1H3/t12-,14+/m1/s1. The Balaban J connectivity index is 1.48. The summed E-state index contributed by atoms with van der Waals surface area (Å²) in [5.41, 5.74) is -0.0152. The maximum absolute atomic E-state index is 9.63. The van der Waals surface area contributed by atoms with Gasteiger partial charge in [0.25, 0.3) is 0 Å². The van der Waals surface area contributed by atoms with E-state index in [0.29, 0.717) is 5.92 Å². The van der Waals surface area contributed by atoms with Crippen molar-refractivity contribution in [1.82, 2.24) is 5.32 Å². The second-order valence-electron chi connectivity index (χ2n) is 6.50. The lowest BCUT2D eigenvalue weighted by molar-refractivity contribution is -0.0155. The van der Waals surface area contributed by atoms with Crippen LogP contribution in [0.4, 0.5) is 0 Å². The van der Waals surface area contributed by atoms with E-state index in [4.69, 9.17) is 9.15 Å². The molecule has 20 heavy (non-hydrogen) atoms. The van der Waals surface area contributed by atoms with Crippen molar-refractivity contribution in [2.24, 2.45) is 11.3 Å². The highest BCUT2D eigenvalue weighted by atomic mass is 16.5. The Hall–Kier alpha value is -0.840. The molecule has 2 atom stereocenters. The van der Waals surface area contributed by atoms with E-state index in [2.05, 4.69) is 24.4 Å². The van der Waals surface area contributed by atoms with Crippen LogP contribution < -0.4 is 5.32 Å². The summed E-state index contributed by atoms with van der Waals surface area (Å²) in [5.74, 6) is 3.56. The van der Waals surface area contributed by atoms with Crippen molar-refractivity contribution in [3.05, 3.63) is 23.7 Å². The van der Waals surface area contributed by atoms with Crippen LogP contribution in [0.3, 0.4) is 0 Å². The Labute approximate surface area is 120 Å². The van der Waals surface area contributed by atoms with Gasteiger partial charge in [-0.1, -0.05) is 6.92 Å². The largest absolute Gasteiger partial charge is 0.464 e. The maximum atomic E-state index is 9.63. The Morgan fingerprint density at radius 1 is 1.35 bits per heavy atom. The highest BCUT2D eigenvalue weighted by molar-refractivity contribution is 5.17. The van der Waals surface area contributed by atoms with Crippen LogP contribution in [-0.4, -0.2) is 31.5 Å². The summed E-state index contributed by atoms with van der Waals surface area (Å²) in [5, 5.41) is 13.1. The summed E-state index contributed by atoms with van der Waals surface area (Å²) >= 11 is 0. The normalized spacial score (nSPS) is 28.5. The molecule has 4 nitrogen and oxygen atoms in total. The van der Waals surface area contributed by atoms with Crippen LogP contribution in [0.15, 0.2) is 16.5 Å². The average molecular weight is 279 g/mol. The topological polar surface area (TPSA) is 54.6 Å². The van der Waals surface area contributed by atoms with Crippen molar-refractivity contribution in [2.45, 2.75) is 38.6 Å². The van der Waals surface area contributed by atoms with E-state index in [1.807, 2.05) is 0 Å². The fourth-order valence-electron chi connectivity index (χ4n) is 3.05. The molecule has 2 aliphatic rings. The fraction of sp³-hybridized carbons (Fsp3) is 0.750. The van der Waals surface area contributed by atoms with Crippen LogP contribution in [0.25, 0.3) is 0 Å². The Bertz CT molecular complexity index is 437. The van der Waals surface area contributed by atoms with E-state index in [1.54, 1.807) is 0 Å². The number of furan rings is 1. The molecule has 0 unspecified atom stereocenters. The van der Waals surface area contributed by atoms with E-state index in [-0.39, 0.29) is 12.0 Å². The minimum Gasteiger partial charge on any atom is -0.464 e. The highest BCUT2D eigenvalue weighted by Gasteiger charge is 2.36. The number of hydrogen-bond acceptors (Lipinski definition) is 4. The van der Waals surface area contributed by atoms with Gasteiger partial charge < -0.3 is 19.6 Å². The van der Waals surface area contributed by atoms with Crippen molar-refractivity contribution in [3.63, 3.8) is 0 Å². The first kappa shape index (κ1) is 14.1. The van der Waals surface area contributed by atoms with Crippen molar-refractivity contribution >= 4 is 0 Å². The third-order valence-electron chi connectivity index (χ3n) is 4.85. The van der Waals surface area contributed by atoms with Crippen LogP contribution in [0.1, 0.15) is 43.6 Å². The molecule has 1 aromatic rings. The molecule has 4 heteroatoms. The van der Waals surface area contributed by atoms with E-state index in [0.717, 1.165) is 56.6 Å². The molecule has 1 saturated heterocycles. The molecule has 1 aliphatic heterocycles. The minimum atomic E-state index is -0.0152. The van der Waals surface area contributed by atoms with Gasteiger partial charge in [-0.15, -0.1) is 0 Å². The van der Waals surface area contributed by atoms with Crippen LogP contribution in [0.5, 0.6) is 0 Å². The van der Waals surface area contributed by atoms with Gasteiger partial charge in [-0.2, -0.15) is 0 Å². The molecule has 1 aliphatic carbocycles. The molecule has 0 radical (unpaired) electrons. The molecular formula is C16H25NO3. The molecule has 2 fully saturated rings. The minimum absolute atomic E-state index is 0.0152. The van der Waals surface area contributed by atoms with Gasteiger partial charge in [0.2, 0.25) is 0 Å². The zero-order valence-electron chi connectivity index (χ0n) is 12.2. The molecule has 1 aromatic heterocycles. The van der Waals surface area contributed by atoms with Gasteiger partial charge in [0.15, 0.2) is 0 Å². The first-order valence-electron chi connectivity index (χ1n) is 7.70. The van der Waals surface area contributed by atoms with Crippen LogP contribution in [0, 0.1) is 11.3 Å². The number of rotatable bonds is 6. The highest BCUT2D eigenvalue weighted by Crippen LogP contribution is 2.47. The summed E-state index contributed by atoms with van der Waals surface area (Å²) in [6.45, 7) is 5.57. The summed E-state index contributed by atoms with van der Waals surface area (Å²) in [6, 6.07) is 4.18. The lowest BCUT2D eigenvalue weighted by atomic mass is 9.81. The predicted octanol–water partition coefficient (Wildman–Crippen LogP) is 2.28. The van der Waals surface area contributed by atoms with Gasteiger partial charge >= 0.3 is 0 Å². The second kappa shape index (κ2) is 5.88. The second-order valence-corrected chi connectivity index (χ2v) is 6.50. The Kier molecular flexibility index (Phi) is 4.15. The predicted molar refractivity (Wildman–Crippen MR) is 76.5 cm³/mol. The molecule has 112 valence electrons. The molecule has 0 aromatic carbocycles. The molecule has 2 N–H and O–H groups in total. The number of nitrogens with one attached hydrogen (secondary N) is 1. The molecule has 1 saturated carbocycles. The SMILES string of the molecule is C[C@@H]1C[C@@H]1c1ccc(CNCC2(CO)CCOCC2)o1. The number of aliphatic hydroxyl groups excluding tert-OH is 1. The van der Waals surface area contributed by atoms with E-state index < -0.39 is 0 Å². The van der Waals surface area contributed by atoms with E-state index in [9.17, 15) is 5.11 Å². The van der Waals surface area contributed by atoms with Gasteiger partial charge in [0.1, 0.15) is 11.5 Å². The summed E-state index contributed by atoms with van der Waals surface area (Å²) < 4.78 is 11.3. The van der Waals surface area contributed by atoms with Crippen LogP contribution >= 0.6 is 0 Å². The molecule has 0 spiro atoms. The average Bonchev–Trinajstić information content (AvgIpc) is 3.02. The third-order valence-corrected chi connectivity index (χ3v) is 4.85. The van der Waals surface area contributed by atoms with Crippen LogP contribution in [0.2, 0.25) is 0 Å². The quantitative estimate of drug-likeness (QED) is 0.839. The van der Waals surface area contributed by atoms with Crippen molar-refractivity contribution in [1.29, 1.82) is 0 Å². The lowest BCUT2D eigenvalue weighted by Gasteiger charge is -2.35. The first-order chi connectivity index (χ1) is 9.72. The van der Waals surface area contributed by atoms with Crippen molar-refractivity contribution < 1.29 is 14.3 Å². The van der Waals surface area contributed by atoms with Crippen molar-refractivity contribution in [2.75, 3.05) is 26.4 Å². The number of hydrogen-bond donors (Lipinski definition) is 2. The van der Waals surface area contributed by atoms with Gasteiger partial charge in [-0.25, -0.2) is 0 Å². The van der Waals surface area contributed by atoms with Crippen molar-refractivity contribution in [3.8, 4) is 0 Å². The Morgan fingerprint density at radius 3 is 2.75 bits per heavy atom. The lowest BCUT2D eigenvalue weighted by Crippen LogP contribution is -2.41. The van der Waals surface area contributed by atoms with E-state index in [1.165, 1.54) is 6.42 Å². The number of ether oxygens (including phenoxy) is 1. The number of aliphatic hydroxyl groups is 1. The zero-order valence-corrected chi connectivity index (χ0v) is 12.2. The molecular weight excluding hydrogens is 254 g/mol. The maximum Gasteiger partial charge on any atom is 0.117 e. The van der Waals surface area contributed by atoms with Gasteiger partial charge in [0, 0.05) is 31.1 Å². The summed E-state index contributed by atoms with van der Waals surface area (Å²) in [7, 11) is 0. The van der Waals surface area contributed by atoms with Gasteiger partial charge in [-0.05, 0) is 37.3 Å². The summed E-state index contributed by atoms with van der Waals surface area (Å²) in [4.78, 5) is 0.